The highest BCUT2D eigenvalue weighted by atomic mass is 16.2. The van der Waals surface area contributed by atoms with Crippen molar-refractivity contribution in [1.82, 2.24) is 29.9 Å². The van der Waals surface area contributed by atoms with Crippen LogP contribution in [0.25, 0.3) is 5.65 Å². The first-order valence-electron chi connectivity index (χ1n) is 9.49. The Bertz CT molecular complexity index is 845. The molecule has 1 unspecified atom stereocenters. The number of likely N-dealkylation sites (tertiary alicyclic amines) is 1. The molecule has 5 rings (SSSR count). The van der Waals surface area contributed by atoms with Crippen molar-refractivity contribution >= 4 is 11.6 Å². The van der Waals surface area contributed by atoms with E-state index in [1.165, 1.54) is 38.4 Å². The second-order valence-corrected chi connectivity index (χ2v) is 7.84. The molecule has 3 aliphatic rings. The lowest BCUT2D eigenvalue weighted by atomic mass is 9.63. The van der Waals surface area contributed by atoms with Gasteiger partial charge < -0.3 is 0 Å². The lowest BCUT2D eigenvalue weighted by Crippen LogP contribution is -2.58. The van der Waals surface area contributed by atoms with E-state index in [1.807, 2.05) is 24.4 Å². The van der Waals surface area contributed by atoms with Crippen molar-refractivity contribution in [2.45, 2.75) is 44.8 Å². The molecule has 1 spiro atoms. The average Bonchev–Trinajstić information content (AvgIpc) is 3.10. The number of rotatable bonds is 3. The molecule has 136 valence electrons. The van der Waals surface area contributed by atoms with Gasteiger partial charge in [0.25, 0.3) is 5.91 Å². The van der Waals surface area contributed by atoms with Crippen LogP contribution in [0.1, 0.15) is 37.7 Å². The van der Waals surface area contributed by atoms with Gasteiger partial charge in [0, 0.05) is 25.4 Å². The molecule has 2 aromatic rings. The number of fused-ring (bicyclic) bond motifs is 1. The first-order chi connectivity index (χ1) is 12.7. The van der Waals surface area contributed by atoms with E-state index in [0.29, 0.717) is 12.0 Å². The molecule has 1 saturated heterocycles. The van der Waals surface area contributed by atoms with E-state index >= 15 is 0 Å². The minimum absolute atomic E-state index is 0.00457. The second-order valence-electron chi connectivity index (χ2n) is 7.84. The third-order valence-corrected chi connectivity index (χ3v) is 6.33. The number of carbonyl (C=O) groups is 1. The molecule has 0 aromatic carbocycles. The zero-order valence-electron chi connectivity index (χ0n) is 14.8. The van der Waals surface area contributed by atoms with E-state index in [2.05, 4.69) is 20.4 Å². The Morgan fingerprint density at radius 3 is 2.85 bits per heavy atom. The number of pyridine rings is 1. The molecule has 1 saturated carbocycles. The van der Waals surface area contributed by atoms with Gasteiger partial charge in [-0.15, -0.1) is 0 Å². The van der Waals surface area contributed by atoms with Crippen LogP contribution in [0.4, 0.5) is 0 Å². The Hall–Kier alpha value is -2.25. The summed E-state index contributed by atoms with van der Waals surface area (Å²) in [6.45, 7) is 2.73. The number of nitrogens with zero attached hydrogens (tertiary/aromatic N) is 5. The van der Waals surface area contributed by atoms with Gasteiger partial charge in [0.05, 0.1) is 12.7 Å². The molecule has 0 radical (unpaired) electrons. The standard InChI is InChI=1S/C19H24N6O/c26-18-3-2-16(23-10-7-19(8-11-23)5-1-6-19)22-25(18)13-15-4-9-24-17(12-15)20-14-21-24/h2-4,9,12,14,16,22H,1,5-8,10-11,13H2. The summed E-state index contributed by atoms with van der Waals surface area (Å²) in [6.07, 6.45) is 14.0. The maximum atomic E-state index is 12.3. The molecule has 26 heavy (non-hydrogen) atoms. The van der Waals surface area contributed by atoms with Crippen molar-refractivity contribution in [1.29, 1.82) is 0 Å². The molecule has 1 atom stereocenters. The lowest BCUT2D eigenvalue weighted by molar-refractivity contribution is -0.133. The molecule has 2 aromatic heterocycles. The summed E-state index contributed by atoms with van der Waals surface area (Å²) in [4.78, 5) is 19.0. The molecular weight excluding hydrogens is 328 g/mol. The Morgan fingerprint density at radius 1 is 1.23 bits per heavy atom. The zero-order valence-corrected chi connectivity index (χ0v) is 14.8. The van der Waals surface area contributed by atoms with Gasteiger partial charge in [-0.1, -0.05) is 6.42 Å². The van der Waals surface area contributed by atoms with Crippen LogP contribution in [0.2, 0.25) is 0 Å². The van der Waals surface area contributed by atoms with Gasteiger partial charge in [-0.2, -0.15) is 5.10 Å². The van der Waals surface area contributed by atoms with Crippen LogP contribution in [0.15, 0.2) is 36.8 Å². The third-order valence-electron chi connectivity index (χ3n) is 6.33. The van der Waals surface area contributed by atoms with Crippen molar-refractivity contribution in [3.05, 3.63) is 42.4 Å². The average molecular weight is 352 g/mol. The molecule has 0 bridgehead atoms. The van der Waals surface area contributed by atoms with Gasteiger partial charge in [-0.3, -0.25) is 14.7 Å². The number of aromatic nitrogens is 3. The largest absolute Gasteiger partial charge is 0.283 e. The van der Waals surface area contributed by atoms with Gasteiger partial charge in [-0.25, -0.2) is 14.9 Å². The van der Waals surface area contributed by atoms with E-state index in [-0.39, 0.29) is 12.1 Å². The van der Waals surface area contributed by atoms with Crippen LogP contribution >= 0.6 is 0 Å². The monoisotopic (exact) mass is 352 g/mol. The first kappa shape index (κ1) is 16.0. The number of hydrazine groups is 1. The third kappa shape index (κ3) is 2.81. The summed E-state index contributed by atoms with van der Waals surface area (Å²) >= 11 is 0. The highest BCUT2D eigenvalue weighted by Crippen LogP contribution is 2.49. The van der Waals surface area contributed by atoms with Crippen molar-refractivity contribution < 1.29 is 4.79 Å². The maximum absolute atomic E-state index is 12.3. The summed E-state index contributed by atoms with van der Waals surface area (Å²) in [6, 6.07) is 3.95. The molecule has 2 aliphatic heterocycles. The second kappa shape index (κ2) is 6.17. The zero-order chi connectivity index (χ0) is 17.6. The molecule has 1 amide bonds. The highest BCUT2D eigenvalue weighted by molar-refractivity contribution is 5.88. The SMILES string of the molecule is O=C1C=CC(N2CCC3(CCC3)CC2)NN1Cc1ccn2ncnc2c1. The number of piperidine rings is 1. The van der Waals surface area contributed by atoms with Crippen molar-refractivity contribution in [3.8, 4) is 0 Å². The number of amides is 1. The summed E-state index contributed by atoms with van der Waals surface area (Å²) < 4.78 is 1.72. The van der Waals surface area contributed by atoms with Gasteiger partial charge in [0.15, 0.2) is 5.65 Å². The number of nitrogens with one attached hydrogen (secondary N) is 1. The predicted molar refractivity (Wildman–Crippen MR) is 96.7 cm³/mol. The van der Waals surface area contributed by atoms with Gasteiger partial charge in [-0.05, 0) is 54.9 Å². The molecule has 1 aliphatic carbocycles. The maximum Gasteiger partial charge on any atom is 0.260 e. The molecular formula is C19H24N6O. The molecule has 1 N–H and O–H groups in total. The van der Waals surface area contributed by atoms with Crippen LogP contribution in [0.3, 0.4) is 0 Å². The Labute approximate surface area is 152 Å². The normalized spacial score (nSPS) is 25.8. The quantitative estimate of drug-likeness (QED) is 0.911. The molecule has 7 heteroatoms. The van der Waals surface area contributed by atoms with Crippen molar-refractivity contribution in [2.75, 3.05) is 13.1 Å². The summed E-state index contributed by atoms with van der Waals surface area (Å²) in [5.41, 5.74) is 5.87. The first-order valence-corrected chi connectivity index (χ1v) is 9.49. The van der Waals surface area contributed by atoms with E-state index in [0.717, 1.165) is 24.3 Å². The fraction of sp³-hybridized carbons (Fsp3) is 0.526. The molecule has 2 fully saturated rings. The smallest absolute Gasteiger partial charge is 0.260 e. The summed E-state index contributed by atoms with van der Waals surface area (Å²) in [5.74, 6) is -0.00457. The van der Waals surface area contributed by atoms with E-state index in [9.17, 15) is 4.79 Å². The van der Waals surface area contributed by atoms with Gasteiger partial charge in [0.2, 0.25) is 0 Å². The molecule has 7 nitrogen and oxygen atoms in total. The number of hydrogen-bond donors (Lipinski definition) is 1. The highest BCUT2D eigenvalue weighted by Gasteiger charge is 2.41. The fourth-order valence-corrected chi connectivity index (χ4v) is 4.45. The van der Waals surface area contributed by atoms with Crippen LogP contribution in [0, 0.1) is 5.41 Å². The lowest BCUT2D eigenvalue weighted by Gasteiger charge is -2.50. The minimum Gasteiger partial charge on any atom is -0.283 e. The minimum atomic E-state index is -0.00457. The van der Waals surface area contributed by atoms with Crippen LogP contribution < -0.4 is 5.43 Å². The Kier molecular flexibility index (Phi) is 3.79. The van der Waals surface area contributed by atoms with Crippen molar-refractivity contribution in [3.63, 3.8) is 0 Å². The van der Waals surface area contributed by atoms with Gasteiger partial charge in [0.1, 0.15) is 6.33 Å². The molecule has 4 heterocycles. The Morgan fingerprint density at radius 2 is 2.08 bits per heavy atom. The number of hydrogen-bond acceptors (Lipinski definition) is 5. The number of carbonyl (C=O) groups excluding carboxylic acids is 1. The Balaban J connectivity index is 1.26. The van der Waals surface area contributed by atoms with Crippen LogP contribution in [-0.2, 0) is 11.3 Å². The topological polar surface area (TPSA) is 65.8 Å². The predicted octanol–water partition coefficient (Wildman–Crippen LogP) is 1.72. The van der Waals surface area contributed by atoms with Crippen LogP contribution in [-0.4, -0.2) is 49.7 Å². The fourth-order valence-electron chi connectivity index (χ4n) is 4.45. The van der Waals surface area contributed by atoms with Gasteiger partial charge >= 0.3 is 0 Å². The van der Waals surface area contributed by atoms with E-state index in [1.54, 1.807) is 15.6 Å². The van der Waals surface area contributed by atoms with Crippen LogP contribution in [0.5, 0.6) is 0 Å². The van der Waals surface area contributed by atoms with E-state index < -0.39 is 0 Å². The summed E-state index contributed by atoms with van der Waals surface area (Å²) in [7, 11) is 0. The van der Waals surface area contributed by atoms with Crippen molar-refractivity contribution in [2.24, 2.45) is 5.41 Å². The van der Waals surface area contributed by atoms with E-state index in [4.69, 9.17) is 0 Å². The summed E-state index contributed by atoms with van der Waals surface area (Å²) in [5, 5.41) is 5.82.